The summed E-state index contributed by atoms with van der Waals surface area (Å²) >= 11 is 0. The molecule has 11 aromatic rings. The molecule has 0 atom stereocenters. The van der Waals surface area contributed by atoms with Gasteiger partial charge < -0.3 is 8.97 Å². The molecule has 0 fully saturated rings. The molecule has 4 aromatic heterocycles. The fourth-order valence-corrected chi connectivity index (χ4v) is 8.67. The Bertz CT molecular complexity index is 3110. The van der Waals surface area contributed by atoms with Crippen molar-refractivity contribution in [1.29, 1.82) is 0 Å². The molecule has 4 heteroatoms. The van der Waals surface area contributed by atoms with Crippen molar-refractivity contribution in [3.63, 3.8) is 0 Å². The molecular weight excluding hydrogens is 560 g/mol. The van der Waals surface area contributed by atoms with E-state index in [1.165, 1.54) is 87.1 Å². The highest BCUT2D eigenvalue weighted by atomic mass is 15.0. The second kappa shape index (κ2) is 7.87. The highest BCUT2D eigenvalue weighted by Gasteiger charge is 2.28. The largest absolute Gasteiger partial charge is 0.309 e. The lowest BCUT2D eigenvalue weighted by Gasteiger charge is -2.13. The number of para-hydroxylation sites is 2. The number of fused-ring (bicyclic) bond motifs is 14. The highest BCUT2D eigenvalue weighted by Crippen LogP contribution is 2.50. The van der Waals surface area contributed by atoms with E-state index in [2.05, 4.69) is 130 Å². The van der Waals surface area contributed by atoms with Gasteiger partial charge in [0.25, 0.3) is 0 Å². The summed E-state index contributed by atoms with van der Waals surface area (Å²) in [7, 11) is 0. The third-order valence-corrected chi connectivity index (χ3v) is 10.4. The van der Waals surface area contributed by atoms with Crippen molar-refractivity contribution in [3.8, 4) is 28.2 Å². The monoisotopic (exact) mass is 582 g/mol. The van der Waals surface area contributed by atoms with Crippen LogP contribution in [0.4, 0.5) is 0 Å². The fourth-order valence-electron chi connectivity index (χ4n) is 8.67. The molecule has 7 aromatic carbocycles. The molecule has 0 unspecified atom stereocenters. The molecule has 46 heavy (non-hydrogen) atoms. The van der Waals surface area contributed by atoms with E-state index in [4.69, 9.17) is 9.97 Å². The molecule has 0 saturated heterocycles. The number of hydrogen-bond acceptors (Lipinski definition) is 2. The molecule has 0 amide bonds. The first-order chi connectivity index (χ1) is 22.8. The Morgan fingerprint density at radius 1 is 0.413 bits per heavy atom. The Morgan fingerprint density at radius 3 is 1.96 bits per heavy atom. The van der Waals surface area contributed by atoms with E-state index in [1.807, 2.05) is 0 Å². The van der Waals surface area contributed by atoms with E-state index >= 15 is 0 Å². The molecule has 4 heterocycles. The Morgan fingerprint density at radius 2 is 1.11 bits per heavy atom. The Labute approximate surface area is 261 Å². The van der Waals surface area contributed by atoms with Crippen molar-refractivity contribution in [3.05, 3.63) is 134 Å². The summed E-state index contributed by atoms with van der Waals surface area (Å²) in [6.07, 6.45) is 3.59. The standard InChI is InChI=1S/C42H22N4/c1-2-9-24-21-35-31(20-23(24)8-1)39-38-27-11-4-6-15-33(27)45(36(38)22-30-25-10-3-5-14-32(25)46(35)42(30)39)34-17-16-29-37-26(34)12-7-13-28(37)40-41(29)44-19-18-43-40/h1-22H. The van der Waals surface area contributed by atoms with E-state index < -0.39 is 0 Å². The van der Waals surface area contributed by atoms with Gasteiger partial charge in [0.15, 0.2) is 0 Å². The van der Waals surface area contributed by atoms with E-state index in [0.29, 0.717) is 0 Å². The fraction of sp³-hybridized carbons (Fsp3) is 0. The molecule has 0 bridgehead atoms. The zero-order valence-corrected chi connectivity index (χ0v) is 24.5. The van der Waals surface area contributed by atoms with Crippen molar-refractivity contribution in [2.75, 3.05) is 0 Å². The van der Waals surface area contributed by atoms with Gasteiger partial charge >= 0.3 is 0 Å². The second-order valence-corrected chi connectivity index (χ2v) is 12.6. The quantitative estimate of drug-likeness (QED) is 0.193. The van der Waals surface area contributed by atoms with Gasteiger partial charge in [-0.15, -0.1) is 0 Å². The van der Waals surface area contributed by atoms with Crippen LogP contribution in [0.5, 0.6) is 0 Å². The highest BCUT2D eigenvalue weighted by molar-refractivity contribution is 6.36. The van der Waals surface area contributed by atoms with Crippen LogP contribution in [0.25, 0.3) is 110 Å². The van der Waals surface area contributed by atoms with Crippen LogP contribution in [0, 0.1) is 0 Å². The van der Waals surface area contributed by atoms with Gasteiger partial charge in [-0.1, -0.05) is 78.9 Å². The van der Waals surface area contributed by atoms with Gasteiger partial charge in [-0.05, 0) is 53.2 Å². The molecule has 1 aliphatic rings. The average molecular weight is 583 g/mol. The molecule has 0 aliphatic heterocycles. The zero-order valence-electron chi connectivity index (χ0n) is 24.5. The topological polar surface area (TPSA) is 35.1 Å². The SMILES string of the molecule is c1ccc2cc3c(cc2c1)c1c2c4ccccc4n(-c4ccc5c6c(cccc46)-c4nccnc4-5)c2cc2c4ccccc4n3c21. The maximum Gasteiger partial charge on any atom is 0.0971 e. The summed E-state index contributed by atoms with van der Waals surface area (Å²) in [5.74, 6) is 0. The number of hydrogen-bond donors (Lipinski definition) is 0. The molecule has 4 nitrogen and oxygen atoms in total. The predicted molar refractivity (Wildman–Crippen MR) is 190 cm³/mol. The summed E-state index contributed by atoms with van der Waals surface area (Å²) in [6, 6.07) is 44.9. The number of benzene rings is 7. The summed E-state index contributed by atoms with van der Waals surface area (Å²) in [6.45, 7) is 0. The lowest BCUT2D eigenvalue weighted by molar-refractivity contribution is 1.20. The Hall–Kier alpha value is -6.26. The van der Waals surface area contributed by atoms with Crippen LogP contribution < -0.4 is 0 Å². The van der Waals surface area contributed by atoms with Gasteiger partial charge in [0.05, 0.1) is 44.7 Å². The van der Waals surface area contributed by atoms with E-state index in [9.17, 15) is 0 Å². The third-order valence-electron chi connectivity index (χ3n) is 10.4. The van der Waals surface area contributed by atoms with Gasteiger partial charge in [-0.3, -0.25) is 9.97 Å². The van der Waals surface area contributed by atoms with Gasteiger partial charge in [0.2, 0.25) is 0 Å². The summed E-state index contributed by atoms with van der Waals surface area (Å²) in [5, 5.41) is 12.7. The number of aromatic nitrogens is 4. The van der Waals surface area contributed by atoms with E-state index in [-0.39, 0.29) is 0 Å². The summed E-state index contributed by atoms with van der Waals surface area (Å²) < 4.78 is 5.00. The molecule has 0 saturated carbocycles. The molecule has 1 aliphatic carbocycles. The summed E-state index contributed by atoms with van der Waals surface area (Å²) in [4.78, 5) is 9.50. The number of rotatable bonds is 1. The first kappa shape index (κ1) is 23.2. The molecule has 12 rings (SSSR count). The first-order valence-electron chi connectivity index (χ1n) is 15.8. The van der Waals surface area contributed by atoms with Crippen LogP contribution in [0.15, 0.2) is 134 Å². The smallest absolute Gasteiger partial charge is 0.0971 e. The molecule has 0 radical (unpaired) electrons. The van der Waals surface area contributed by atoms with Crippen molar-refractivity contribution >= 4 is 81.4 Å². The maximum atomic E-state index is 4.75. The average Bonchev–Trinajstić information content (AvgIpc) is 3.82. The lowest BCUT2D eigenvalue weighted by atomic mass is 10.00. The van der Waals surface area contributed by atoms with Gasteiger partial charge in [-0.2, -0.15) is 0 Å². The predicted octanol–water partition coefficient (Wildman–Crippen LogP) is 10.7. The maximum absolute atomic E-state index is 4.75. The van der Waals surface area contributed by atoms with Crippen LogP contribution in [0.1, 0.15) is 0 Å². The minimum Gasteiger partial charge on any atom is -0.309 e. The minimum absolute atomic E-state index is 0.967. The summed E-state index contributed by atoms with van der Waals surface area (Å²) in [5.41, 5.74) is 11.7. The van der Waals surface area contributed by atoms with Crippen molar-refractivity contribution in [1.82, 2.24) is 18.9 Å². The normalized spacial score (nSPS) is 12.8. The van der Waals surface area contributed by atoms with Gasteiger partial charge in [0, 0.05) is 66.6 Å². The van der Waals surface area contributed by atoms with Crippen LogP contribution in [-0.4, -0.2) is 18.9 Å². The van der Waals surface area contributed by atoms with Gasteiger partial charge in [-0.25, -0.2) is 0 Å². The second-order valence-electron chi connectivity index (χ2n) is 12.6. The van der Waals surface area contributed by atoms with Crippen molar-refractivity contribution in [2.24, 2.45) is 0 Å². The number of nitrogens with zero attached hydrogens (tertiary/aromatic N) is 4. The van der Waals surface area contributed by atoms with Crippen molar-refractivity contribution < 1.29 is 0 Å². The molecule has 0 N–H and O–H groups in total. The molecule has 210 valence electrons. The molecular formula is C42H22N4. The third kappa shape index (κ3) is 2.57. The van der Waals surface area contributed by atoms with Crippen LogP contribution in [-0.2, 0) is 0 Å². The Kier molecular flexibility index (Phi) is 3.96. The van der Waals surface area contributed by atoms with Crippen LogP contribution >= 0.6 is 0 Å². The van der Waals surface area contributed by atoms with Gasteiger partial charge in [0.1, 0.15) is 0 Å². The Balaban J connectivity index is 1.33. The van der Waals surface area contributed by atoms with Crippen LogP contribution in [0.2, 0.25) is 0 Å². The van der Waals surface area contributed by atoms with Crippen molar-refractivity contribution in [2.45, 2.75) is 0 Å². The first-order valence-corrected chi connectivity index (χ1v) is 15.8. The molecule has 0 spiro atoms. The minimum atomic E-state index is 0.967. The van der Waals surface area contributed by atoms with E-state index in [0.717, 1.165) is 22.5 Å². The van der Waals surface area contributed by atoms with E-state index in [1.54, 1.807) is 12.4 Å². The van der Waals surface area contributed by atoms with Crippen LogP contribution in [0.3, 0.4) is 0 Å². The zero-order chi connectivity index (χ0) is 29.7. The lowest BCUT2D eigenvalue weighted by Crippen LogP contribution is -1.96.